The monoisotopic (exact) mass is 419 g/mol. The average molecular weight is 419 g/mol. The van der Waals surface area contributed by atoms with E-state index in [-0.39, 0.29) is 6.71 Å². The van der Waals surface area contributed by atoms with Crippen molar-refractivity contribution in [2.24, 2.45) is 0 Å². The molecule has 152 valence electrons. The van der Waals surface area contributed by atoms with Gasteiger partial charge in [-0.25, -0.2) is 0 Å². The van der Waals surface area contributed by atoms with E-state index in [9.17, 15) is 0 Å². The van der Waals surface area contributed by atoms with Crippen LogP contribution in [0, 0.1) is 0 Å². The van der Waals surface area contributed by atoms with Crippen molar-refractivity contribution in [3.05, 3.63) is 109 Å². The molecule has 0 saturated carbocycles. The minimum absolute atomic E-state index is 0.168. The number of rotatable bonds is 1. The van der Waals surface area contributed by atoms with Crippen LogP contribution < -0.4 is 21.1 Å². The van der Waals surface area contributed by atoms with Crippen molar-refractivity contribution >= 4 is 44.9 Å². The summed E-state index contributed by atoms with van der Waals surface area (Å²) in [5, 5.41) is 2.62. The zero-order chi connectivity index (χ0) is 21.5. The predicted octanol–water partition coefficient (Wildman–Crippen LogP) is 5.39. The van der Waals surface area contributed by atoms with Gasteiger partial charge in [0.1, 0.15) is 11.5 Å². The molecule has 3 heterocycles. The molecule has 0 amide bonds. The van der Waals surface area contributed by atoms with Crippen molar-refractivity contribution in [2.45, 2.75) is 0 Å². The molecule has 2 aliphatic rings. The Hall–Kier alpha value is -4.24. The van der Waals surface area contributed by atoms with Crippen LogP contribution in [0.5, 0.6) is 11.5 Å². The quantitative estimate of drug-likeness (QED) is 0.326. The smallest absolute Gasteiger partial charge is 0.256 e. The average Bonchev–Trinajstić information content (AvgIpc) is 3.22. The normalized spacial score (nSPS) is 13.0. The van der Waals surface area contributed by atoms with Gasteiger partial charge in [-0.05, 0) is 51.8 Å². The van der Waals surface area contributed by atoms with Crippen LogP contribution in [0.4, 0.5) is 0 Å². The Morgan fingerprint density at radius 2 is 1.36 bits per heavy atom. The third-order valence-corrected chi connectivity index (χ3v) is 7.26. The summed E-state index contributed by atoms with van der Waals surface area (Å²) in [4.78, 5) is 0. The molecule has 1 aromatic heterocycles. The Labute approximate surface area is 191 Å². The lowest BCUT2D eigenvalue weighted by Gasteiger charge is -2.33. The molecule has 0 fully saturated rings. The molecule has 8 rings (SSSR count). The van der Waals surface area contributed by atoms with Gasteiger partial charge in [0.2, 0.25) is 0 Å². The Kier molecular flexibility index (Phi) is 3.24. The lowest BCUT2D eigenvalue weighted by molar-refractivity contribution is 0.487. The van der Waals surface area contributed by atoms with E-state index in [1.54, 1.807) is 0 Å². The van der Waals surface area contributed by atoms with Crippen molar-refractivity contribution in [3.8, 4) is 28.3 Å². The third kappa shape index (κ3) is 2.14. The molecule has 5 aromatic carbocycles. The summed E-state index contributed by atoms with van der Waals surface area (Å²) in [5.41, 5.74) is 10.1. The molecule has 0 N–H and O–H groups in total. The van der Waals surface area contributed by atoms with Crippen LogP contribution in [-0.4, -0.2) is 11.3 Å². The third-order valence-electron chi connectivity index (χ3n) is 7.26. The van der Waals surface area contributed by atoms with Crippen LogP contribution in [0.1, 0.15) is 0 Å². The molecular weight excluding hydrogens is 401 g/mol. The minimum Gasteiger partial charge on any atom is -0.458 e. The van der Waals surface area contributed by atoms with Crippen molar-refractivity contribution in [1.29, 1.82) is 0 Å². The summed E-state index contributed by atoms with van der Waals surface area (Å²) in [6, 6.07) is 39.1. The standard InChI is InChI=1S/C30H18BNO/c1-2-9-19(10-3-1)20-11-7-15-24-28(20)21-12-6-14-23-30(21)32(24)25-16-8-18-27-29(25)31(23)22-13-4-5-17-26(22)33-27/h1-18H. The maximum atomic E-state index is 6.40. The summed E-state index contributed by atoms with van der Waals surface area (Å²) in [5.74, 6) is 1.92. The molecule has 33 heavy (non-hydrogen) atoms. The van der Waals surface area contributed by atoms with Gasteiger partial charge in [0.05, 0.1) is 5.52 Å². The first kappa shape index (κ1) is 17.3. The van der Waals surface area contributed by atoms with Crippen molar-refractivity contribution in [1.82, 2.24) is 4.57 Å². The highest BCUT2D eigenvalue weighted by Gasteiger charge is 2.40. The SMILES string of the molecule is c1ccc(-c2cccc3c2c2cccc4c2n3-c2cccc3c2B4c2ccccc2O3)cc1. The number of para-hydroxylation sites is 2. The van der Waals surface area contributed by atoms with Gasteiger partial charge in [-0.15, -0.1) is 0 Å². The lowest BCUT2D eigenvalue weighted by atomic mass is 9.34. The van der Waals surface area contributed by atoms with Crippen molar-refractivity contribution < 1.29 is 4.74 Å². The molecular formula is C30H18BNO. The highest BCUT2D eigenvalue weighted by Crippen LogP contribution is 2.40. The molecule has 2 nitrogen and oxygen atoms in total. The molecule has 0 unspecified atom stereocenters. The van der Waals surface area contributed by atoms with Crippen molar-refractivity contribution in [2.75, 3.05) is 0 Å². The number of hydrogen-bond acceptors (Lipinski definition) is 1. The molecule has 0 radical (unpaired) electrons. The number of hydrogen-bond donors (Lipinski definition) is 0. The van der Waals surface area contributed by atoms with Gasteiger partial charge in [0.15, 0.2) is 0 Å². The van der Waals surface area contributed by atoms with Crippen LogP contribution in [0.2, 0.25) is 0 Å². The zero-order valence-corrected chi connectivity index (χ0v) is 17.8. The largest absolute Gasteiger partial charge is 0.458 e. The Morgan fingerprint density at radius 3 is 2.30 bits per heavy atom. The molecule has 3 heteroatoms. The first-order chi connectivity index (χ1) is 16.4. The maximum absolute atomic E-state index is 6.40. The van der Waals surface area contributed by atoms with Crippen LogP contribution >= 0.6 is 0 Å². The van der Waals surface area contributed by atoms with Gasteiger partial charge >= 0.3 is 0 Å². The fourth-order valence-corrected chi connectivity index (χ4v) is 6.00. The van der Waals surface area contributed by atoms with Crippen molar-refractivity contribution in [3.63, 3.8) is 0 Å². The van der Waals surface area contributed by atoms with E-state index in [0.717, 1.165) is 11.5 Å². The first-order valence-corrected chi connectivity index (χ1v) is 11.4. The predicted molar refractivity (Wildman–Crippen MR) is 137 cm³/mol. The van der Waals surface area contributed by atoms with E-state index in [1.165, 1.54) is 55.0 Å². The summed E-state index contributed by atoms with van der Waals surface area (Å²) >= 11 is 0. The summed E-state index contributed by atoms with van der Waals surface area (Å²) in [6.45, 7) is 0.168. The van der Waals surface area contributed by atoms with Crippen LogP contribution in [-0.2, 0) is 0 Å². The number of fused-ring (bicyclic) bond motifs is 7. The van der Waals surface area contributed by atoms with Gasteiger partial charge < -0.3 is 9.30 Å². The van der Waals surface area contributed by atoms with E-state index in [1.807, 2.05) is 0 Å². The molecule has 0 saturated heterocycles. The first-order valence-electron chi connectivity index (χ1n) is 11.4. The van der Waals surface area contributed by atoms with Crippen LogP contribution in [0.15, 0.2) is 109 Å². The highest BCUT2D eigenvalue weighted by molar-refractivity contribution is 6.99. The number of aromatic nitrogens is 1. The second-order valence-electron chi connectivity index (χ2n) is 8.91. The molecule has 6 aromatic rings. The molecule has 2 aliphatic heterocycles. The van der Waals surface area contributed by atoms with E-state index in [4.69, 9.17) is 4.74 Å². The Balaban J connectivity index is 1.58. The summed E-state index contributed by atoms with van der Waals surface area (Å²) < 4.78 is 8.86. The minimum atomic E-state index is 0.168. The summed E-state index contributed by atoms with van der Waals surface area (Å²) in [6.07, 6.45) is 0. The van der Waals surface area contributed by atoms with E-state index < -0.39 is 0 Å². The number of ether oxygens (including phenoxy) is 1. The topological polar surface area (TPSA) is 14.2 Å². The molecule has 0 bridgehead atoms. The molecule has 0 atom stereocenters. The van der Waals surface area contributed by atoms with Gasteiger partial charge in [0.25, 0.3) is 6.71 Å². The maximum Gasteiger partial charge on any atom is 0.256 e. The second-order valence-corrected chi connectivity index (χ2v) is 8.91. The van der Waals surface area contributed by atoms with Gasteiger partial charge in [-0.1, -0.05) is 84.9 Å². The van der Waals surface area contributed by atoms with E-state index in [2.05, 4.69) is 114 Å². The molecule has 0 aliphatic carbocycles. The van der Waals surface area contributed by atoms with Gasteiger partial charge in [0, 0.05) is 22.0 Å². The van der Waals surface area contributed by atoms with Gasteiger partial charge in [-0.3, -0.25) is 0 Å². The van der Waals surface area contributed by atoms with Crippen LogP contribution in [0.25, 0.3) is 38.6 Å². The van der Waals surface area contributed by atoms with E-state index in [0.29, 0.717) is 0 Å². The fourth-order valence-electron chi connectivity index (χ4n) is 6.00. The summed E-state index contributed by atoms with van der Waals surface area (Å²) in [7, 11) is 0. The van der Waals surface area contributed by atoms with E-state index >= 15 is 0 Å². The Morgan fingerprint density at radius 1 is 0.606 bits per heavy atom. The second kappa shape index (κ2) is 6.17. The lowest BCUT2D eigenvalue weighted by Crippen LogP contribution is -2.58. The number of nitrogens with zero attached hydrogens (tertiary/aromatic N) is 1. The van der Waals surface area contributed by atoms with Crippen LogP contribution in [0.3, 0.4) is 0 Å². The zero-order valence-electron chi connectivity index (χ0n) is 17.8. The number of benzene rings is 5. The fraction of sp³-hybridized carbons (Fsp3) is 0. The molecule has 0 spiro atoms. The van der Waals surface area contributed by atoms with Gasteiger partial charge in [-0.2, -0.15) is 0 Å². The Bertz CT molecular complexity index is 1750. The highest BCUT2D eigenvalue weighted by atomic mass is 16.5.